The van der Waals surface area contributed by atoms with Crippen LogP contribution in [0, 0.1) is 0 Å². The van der Waals surface area contributed by atoms with E-state index in [9.17, 15) is 23.1 Å². The highest BCUT2D eigenvalue weighted by Gasteiger charge is 2.42. The zero-order valence-corrected chi connectivity index (χ0v) is 25.1. The number of imidazole rings is 1. The van der Waals surface area contributed by atoms with Gasteiger partial charge in [0, 0.05) is 44.9 Å². The van der Waals surface area contributed by atoms with Crippen molar-refractivity contribution < 1.29 is 32.5 Å². The SMILES string of the molecule is COC[C@]1(O)CCCC[C@H]1n1cnc(C(=O)N2CCNC[C@H]2CCNc2cc(C(F)(F)F)ccc2OC)c1-c1ccccc1. The molecule has 3 aromatic rings. The van der Waals surface area contributed by atoms with Crippen LogP contribution in [-0.2, 0) is 10.9 Å². The summed E-state index contributed by atoms with van der Waals surface area (Å²) in [7, 11) is 2.99. The average molecular weight is 616 g/mol. The Labute approximate surface area is 255 Å². The molecule has 0 unspecified atom stereocenters. The molecule has 5 rings (SSSR count). The van der Waals surface area contributed by atoms with Gasteiger partial charge in [0.25, 0.3) is 5.91 Å². The molecule has 0 bridgehead atoms. The third-order valence-corrected chi connectivity index (χ3v) is 8.66. The van der Waals surface area contributed by atoms with E-state index in [0.717, 1.165) is 37.0 Å². The number of methoxy groups -OCH3 is 2. The fraction of sp³-hybridized carbons (Fsp3) is 0.500. The quantitative estimate of drug-likeness (QED) is 0.296. The van der Waals surface area contributed by atoms with Gasteiger partial charge in [0.05, 0.1) is 43.0 Å². The first-order chi connectivity index (χ1) is 21.2. The molecule has 1 aliphatic heterocycles. The number of piperazine rings is 1. The summed E-state index contributed by atoms with van der Waals surface area (Å²) >= 11 is 0. The number of carbonyl (C=O) groups is 1. The van der Waals surface area contributed by atoms with Gasteiger partial charge < -0.3 is 34.7 Å². The number of anilines is 1. The second kappa shape index (κ2) is 13.6. The largest absolute Gasteiger partial charge is 0.495 e. The van der Waals surface area contributed by atoms with Crippen LogP contribution in [0.4, 0.5) is 18.9 Å². The molecule has 238 valence electrons. The zero-order chi connectivity index (χ0) is 31.3. The number of aromatic nitrogens is 2. The minimum absolute atomic E-state index is 0.177. The molecule has 3 atom stereocenters. The molecule has 3 N–H and O–H groups in total. The van der Waals surface area contributed by atoms with E-state index >= 15 is 0 Å². The molecule has 1 aromatic heterocycles. The van der Waals surface area contributed by atoms with E-state index < -0.39 is 17.3 Å². The molecule has 2 aromatic carbocycles. The van der Waals surface area contributed by atoms with Crippen LogP contribution in [0.15, 0.2) is 54.9 Å². The summed E-state index contributed by atoms with van der Waals surface area (Å²) in [4.78, 5) is 20.7. The minimum atomic E-state index is -4.48. The Balaban J connectivity index is 1.40. The molecule has 0 radical (unpaired) electrons. The van der Waals surface area contributed by atoms with Crippen molar-refractivity contribution >= 4 is 11.6 Å². The summed E-state index contributed by atoms with van der Waals surface area (Å²) in [6.07, 6.45) is 0.808. The Morgan fingerprint density at radius 1 is 1.18 bits per heavy atom. The highest BCUT2D eigenvalue weighted by atomic mass is 19.4. The van der Waals surface area contributed by atoms with E-state index in [1.165, 1.54) is 13.2 Å². The van der Waals surface area contributed by atoms with Gasteiger partial charge in [0.2, 0.25) is 0 Å². The van der Waals surface area contributed by atoms with Gasteiger partial charge in [-0.15, -0.1) is 0 Å². The third kappa shape index (κ3) is 6.72. The van der Waals surface area contributed by atoms with Gasteiger partial charge in [0.15, 0.2) is 5.69 Å². The van der Waals surface area contributed by atoms with Crippen molar-refractivity contribution in [3.63, 3.8) is 0 Å². The van der Waals surface area contributed by atoms with Gasteiger partial charge in [-0.1, -0.05) is 43.2 Å². The fourth-order valence-corrected chi connectivity index (χ4v) is 6.47. The summed E-state index contributed by atoms with van der Waals surface area (Å²) in [5, 5.41) is 18.0. The summed E-state index contributed by atoms with van der Waals surface area (Å²) in [6, 6.07) is 12.4. The van der Waals surface area contributed by atoms with Gasteiger partial charge in [-0.25, -0.2) is 4.98 Å². The smallest absolute Gasteiger partial charge is 0.416 e. The standard InChI is InChI=1S/C32H40F3N5O4/c1-43-20-31(42)14-7-6-10-27(31)40-21-38-28(29(40)22-8-4-3-5-9-22)30(41)39-17-16-36-19-24(39)13-15-37-25-18-23(32(33,34)35)11-12-26(25)44-2/h3-5,8-9,11-12,18,21,24,27,36-37,42H,6-7,10,13-17,19-20H2,1-2H3/t24-,27-,31-/m1/s1. The lowest BCUT2D eigenvalue weighted by molar-refractivity contribution is -0.137. The number of amides is 1. The molecule has 2 heterocycles. The van der Waals surface area contributed by atoms with Crippen LogP contribution >= 0.6 is 0 Å². The number of alkyl halides is 3. The van der Waals surface area contributed by atoms with Crippen molar-refractivity contribution in [1.82, 2.24) is 19.8 Å². The number of halogens is 3. The van der Waals surface area contributed by atoms with Crippen LogP contribution in [0.25, 0.3) is 11.3 Å². The molecule has 12 heteroatoms. The number of benzene rings is 2. The molecule has 2 aliphatic rings. The van der Waals surface area contributed by atoms with Gasteiger partial charge in [-0.3, -0.25) is 4.79 Å². The normalized spacial score (nSPS) is 22.5. The molecule has 9 nitrogen and oxygen atoms in total. The number of hydrogen-bond acceptors (Lipinski definition) is 7. The highest BCUT2D eigenvalue weighted by molar-refractivity contribution is 5.98. The van der Waals surface area contributed by atoms with Crippen molar-refractivity contribution in [1.29, 1.82) is 0 Å². The number of aliphatic hydroxyl groups is 1. The highest BCUT2D eigenvalue weighted by Crippen LogP contribution is 2.41. The molecule has 44 heavy (non-hydrogen) atoms. The Bertz CT molecular complexity index is 1410. The predicted molar refractivity (Wildman–Crippen MR) is 161 cm³/mol. The Kier molecular flexibility index (Phi) is 9.81. The molecule has 1 saturated carbocycles. The summed E-state index contributed by atoms with van der Waals surface area (Å²) < 4.78 is 52.6. The van der Waals surface area contributed by atoms with Crippen LogP contribution < -0.4 is 15.4 Å². The van der Waals surface area contributed by atoms with Crippen molar-refractivity contribution in [3.05, 3.63) is 66.1 Å². The maximum absolute atomic E-state index is 14.2. The van der Waals surface area contributed by atoms with E-state index in [0.29, 0.717) is 56.2 Å². The van der Waals surface area contributed by atoms with Crippen molar-refractivity contribution in [3.8, 4) is 17.0 Å². The van der Waals surface area contributed by atoms with Crippen LogP contribution in [0.5, 0.6) is 5.75 Å². The number of rotatable bonds is 10. The maximum atomic E-state index is 14.2. The minimum Gasteiger partial charge on any atom is -0.495 e. The Morgan fingerprint density at radius 3 is 2.70 bits per heavy atom. The van der Waals surface area contributed by atoms with Crippen molar-refractivity contribution in [2.75, 3.05) is 52.3 Å². The maximum Gasteiger partial charge on any atom is 0.416 e. The van der Waals surface area contributed by atoms with E-state index in [2.05, 4.69) is 15.6 Å². The number of hydrogen-bond donors (Lipinski definition) is 3. The Hall–Kier alpha value is -3.61. The number of ether oxygens (including phenoxy) is 2. The van der Waals surface area contributed by atoms with Crippen molar-refractivity contribution in [2.45, 2.75) is 56.0 Å². The third-order valence-electron chi connectivity index (χ3n) is 8.66. The lowest BCUT2D eigenvalue weighted by atomic mass is 9.80. The molecule has 1 aliphatic carbocycles. The van der Waals surface area contributed by atoms with Crippen LogP contribution in [0.1, 0.15) is 54.2 Å². The Morgan fingerprint density at radius 2 is 1.98 bits per heavy atom. The summed E-state index contributed by atoms with van der Waals surface area (Å²) in [6.45, 7) is 2.09. The van der Waals surface area contributed by atoms with Crippen LogP contribution in [-0.4, -0.2) is 84.1 Å². The molecule has 2 fully saturated rings. The predicted octanol–water partition coefficient (Wildman–Crippen LogP) is 4.99. The summed E-state index contributed by atoms with van der Waals surface area (Å²) in [5.74, 6) is 0.0822. The molecule has 1 saturated heterocycles. The summed E-state index contributed by atoms with van der Waals surface area (Å²) in [5.41, 5.74) is 0.165. The first kappa shape index (κ1) is 31.8. The first-order valence-electron chi connectivity index (χ1n) is 15.0. The first-order valence-corrected chi connectivity index (χ1v) is 15.0. The van der Waals surface area contributed by atoms with E-state index in [4.69, 9.17) is 9.47 Å². The second-order valence-corrected chi connectivity index (χ2v) is 11.5. The topological polar surface area (TPSA) is 101 Å². The molecule has 1 amide bonds. The van der Waals surface area contributed by atoms with E-state index in [1.807, 2.05) is 34.9 Å². The lowest BCUT2D eigenvalue weighted by Gasteiger charge is -2.41. The second-order valence-electron chi connectivity index (χ2n) is 11.5. The van der Waals surface area contributed by atoms with Gasteiger partial charge >= 0.3 is 6.18 Å². The molecular weight excluding hydrogens is 575 g/mol. The number of nitrogens with one attached hydrogen (secondary N) is 2. The number of carbonyl (C=O) groups excluding carboxylic acids is 1. The lowest BCUT2D eigenvalue weighted by Crippen LogP contribution is -2.54. The molecule has 0 spiro atoms. The molecular formula is C32H40F3N5O4. The van der Waals surface area contributed by atoms with E-state index in [-0.39, 0.29) is 30.3 Å². The van der Waals surface area contributed by atoms with Crippen LogP contribution in [0.2, 0.25) is 0 Å². The fourth-order valence-electron chi connectivity index (χ4n) is 6.47. The van der Waals surface area contributed by atoms with Gasteiger partial charge in [0.1, 0.15) is 11.4 Å². The van der Waals surface area contributed by atoms with E-state index in [1.54, 1.807) is 18.3 Å². The monoisotopic (exact) mass is 615 g/mol. The number of nitrogens with zero attached hydrogens (tertiary/aromatic N) is 3. The average Bonchev–Trinajstić information content (AvgIpc) is 3.46. The zero-order valence-electron chi connectivity index (χ0n) is 25.1. The van der Waals surface area contributed by atoms with Crippen LogP contribution in [0.3, 0.4) is 0 Å². The van der Waals surface area contributed by atoms with Crippen molar-refractivity contribution in [2.24, 2.45) is 0 Å². The van der Waals surface area contributed by atoms with Gasteiger partial charge in [-0.05, 0) is 37.5 Å². The van der Waals surface area contributed by atoms with Gasteiger partial charge in [-0.2, -0.15) is 13.2 Å².